The summed E-state index contributed by atoms with van der Waals surface area (Å²) in [4.78, 5) is 14.9. The minimum atomic E-state index is -3.41. The molecule has 1 aliphatic rings. The average Bonchev–Trinajstić information content (AvgIpc) is 3.14. The van der Waals surface area contributed by atoms with Crippen molar-refractivity contribution >= 4 is 31.7 Å². The van der Waals surface area contributed by atoms with Crippen molar-refractivity contribution in [3.05, 3.63) is 58.6 Å². The first kappa shape index (κ1) is 20.9. The van der Waals surface area contributed by atoms with Gasteiger partial charge in [-0.3, -0.25) is 4.79 Å². The van der Waals surface area contributed by atoms with Crippen LogP contribution in [-0.4, -0.2) is 44.7 Å². The SMILES string of the molecule is COc1ccc(Br)cc1CCC(=O)N1CCCC1CS(=O)(=O)c1ccccc1. The summed E-state index contributed by atoms with van der Waals surface area (Å²) in [5, 5.41) is 0. The zero-order chi connectivity index (χ0) is 20.1. The summed E-state index contributed by atoms with van der Waals surface area (Å²) in [6.45, 7) is 0.615. The van der Waals surface area contributed by atoms with Gasteiger partial charge in [0.2, 0.25) is 5.91 Å². The van der Waals surface area contributed by atoms with Crippen LogP contribution in [-0.2, 0) is 21.1 Å². The lowest BCUT2D eigenvalue weighted by Gasteiger charge is -2.25. The maximum atomic E-state index is 12.8. The first-order valence-corrected chi connectivity index (χ1v) is 11.7. The minimum absolute atomic E-state index is 0.00668. The summed E-state index contributed by atoms with van der Waals surface area (Å²) < 4.78 is 31.7. The van der Waals surface area contributed by atoms with Gasteiger partial charge in [0.05, 0.1) is 17.8 Å². The molecule has 0 aromatic heterocycles. The molecule has 0 spiro atoms. The molecule has 0 bridgehead atoms. The van der Waals surface area contributed by atoms with E-state index in [-0.39, 0.29) is 17.7 Å². The van der Waals surface area contributed by atoms with E-state index in [4.69, 9.17) is 4.74 Å². The predicted molar refractivity (Wildman–Crippen MR) is 112 cm³/mol. The van der Waals surface area contributed by atoms with E-state index in [1.807, 2.05) is 18.2 Å². The van der Waals surface area contributed by atoms with Gasteiger partial charge in [-0.2, -0.15) is 0 Å². The van der Waals surface area contributed by atoms with Gasteiger partial charge in [-0.1, -0.05) is 34.1 Å². The molecule has 1 unspecified atom stereocenters. The molecule has 0 radical (unpaired) electrons. The van der Waals surface area contributed by atoms with E-state index in [0.717, 1.165) is 28.6 Å². The van der Waals surface area contributed by atoms with Crippen LogP contribution in [0.1, 0.15) is 24.8 Å². The van der Waals surface area contributed by atoms with Crippen molar-refractivity contribution in [2.24, 2.45) is 0 Å². The van der Waals surface area contributed by atoms with Crippen LogP contribution in [0.4, 0.5) is 0 Å². The summed E-state index contributed by atoms with van der Waals surface area (Å²) in [6.07, 6.45) is 2.43. The second-order valence-corrected chi connectivity index (χ2v) is 9.88. The number of sulfone groups is 1. The normalized spacial score (nSPS) is 16.9. The van der Waals surface area contributed by atoms with Crippen LogP contribution in [0.5, 0.6) is 5.75 Å². The molecule has 1 atom stereocenters. The van der Waals surface area contributed by atoms with Crippen molar-refractivity contribution in [3.8, 4) is 5.75 Å². The fourth-order valence-electron chi connectivity index (χ4n) is 3.64. The maximum Gasteiger partial charge on any atom is 0.223 e. The summed E-state index contributed by atoms with van der Waals surface area (Å²) in [6, 6.07) is 13.9. The van der Waals surface area contributed by atoms with Crippen LogP contribution >= 0.6 is 15.9 Å². The number of rotatable bonds is 7. The number of methoxy groups -OCH3 is 1. The third kappa shape index (κ3) is 4.94. The summed E-state index contributed by atoms with van der Waals surface area (Å²) >= 11 is 3.45. The fourth-order valence-corrected chi connectivity index (χ4v) is 5.67. The highest BCUT2D eigenvalue weighted by Gasteiger charge is 2.32. The van der Waals surface area contributed by atoms with Gasteiger partial charge in [0.25, 0.3) is 0 Å². The second kappa shape index (κ2) is 9.09. The van der Waals surface area contributed by atoms with Gasteiger partial charge in [-0.15, -0.1) is 0 Å². The standard InChI is InChI=1S/C21H24BrNO4S/c1-27-20-11-10-17(22)14-16(20)9-12-21(24)23-13-5-6-18(23)15-28(25,26)19-7-3-2-4-8-19/h2-4,7-8,10-11,14,18H,5-6,9,12-13,15H2,1H3. The first-order valence-electron chi connectivity index (χ1n) is 9.30. The average molecular weight is 466 g/mol. The molecule has 2 aromatic carbocycles. The van der Waals surface area contributed by atoms with E-state index in [9.17, 15) is 13.2 Å². The number of hydrogen-bond donors (Lipinski definition) is 0. The Kier molecular flexibility index (Phi) is 6.78. The molecule has 150 valence electrons. The van der Waals surface area contributed by atoms with Gasteiger partial charge >= 0.3 is 0 Å². The van der Waals surface area contributed by atoms with Crippen LogP contribution in [0.15, 0.2) is 57.9 Å². The predicted octanol–water partition coefficient (Wildman–Crippen LogP) is 3.86. The Labute approximate surface area is 174 Å². The number of ether oxygens (including phenoxy) is 1. The molecule has 1 aliphatic heterocycles. The molecule has 1 heterocycles. The summed E-state index contributed by atoms with van der Waals surface area (Å²) in [5.41, 5.74) is 0.956. The fraction of sp³-hybridized carbons (Fsp3) is 0.381. The highest BCUT2D eigenvalue weighted by Crippen LogP contribution is 2.26. The van der Waals surface area contributed by atoms with Crippen LogP contribution in [0.25, 0.3) is 0 Å². The van der Waals surface area contributed by atoms with Crippen molar-refractivity contribution in [3.63, 3.8) is 0 Å². The molecular formula is C21H24BrNO4S. The van der Waals surface area contributed by atoms with Gasteiger partial charge in [-0.25, -0.2) is 8.42 Å². The number of aryl methyl sites for hydroxylation is 1. The highest BCUT2D eigenvalue weighted by molar-refractivity contribution is 9.10. The number of halogens is 1. The summed E-state index contributed by atoms with van der Waals surface area (Å²) in [7, 11) is -1.80. The molecule has 7 heteroatoms. The van der Waals surface area contributed by atoms with E-state index in [1.165, 1.54) is 0 Å². The van der Waals surface area contributed by atoms with E-state index < -0.39 is 9.84 Å². The molecule has 3 rings (SSSR count). The lowest BCUT2D eigenvalue weighted by Crippen LogP contribution is -2.39. The smallest absolute Gasteiger partial charge is 0.223 e. The second-order valence-electron chi connectivity index (χ2n) is 6.93. The van der Waals surface area contributed by atoms with E-state index in [2.05, 4.69) is 15.9 Å². The van der Waals surface area contributed by atoms with Gasteiger partial charge in [0, 0.05) is 23.5 Å². The minimum Gasteiger partial charge on any atom is -0.496 e. The third-order valence-electron chi connectivity index (χ3n) is 5.06. The Morgan fingerprint density at radius 1 is 1.21 bits per heavy atom. The number of carbonyl (C=O) groups excluding carboxylic acids is 1. The molecule has 5 nitrogen and oxygen atoms in total. The highest BCUT2D eigenvalue weighted by atomic mass is 79.9. The van der Waals surface area contributed by atoms with E-state index in [1.54, 1.807) is 42.3 Å². The Morgan fingerprint density at radius 2 is 1.96 bits per heavy atom. The van der Waals surface area contributed by atoms with Crippen LogP contribution in [0, 0.1) is 0 Å². The van der Waals surface area contributed by atoms with Gasteiger partial charge in [-0.05, 0) is 55.2 Å². The molecular weight excluding hydrogens is 442 g/mol. The largest absolute Gasteiger partial charge is 0.496 e. The number of amides is 1. The molecule has 1 fully saturated rings. The Hall–Kier alpha value is -1.86. The number of benzene rings is 2. The summed E-state index contributed by atoms with van der Waals surface area (Å²) in [5.74, 6) is 0.719. The van der Waals surface area contributed by atoms with Crippen molar-refractivity contribution < 1.29 is 17.9 Å². The molecule has 0 N–H and O–H groups in total. The zero-order valence-electron chi connectivity index (χ0n) is 15.8. The molecule has 1 saturated heterocycles. The monoisotopic (exact) mass is 465 g/mol. The number of hydrogen-bond acceptors (Lipinski definition) is 4. The van der Waals surface area contributed by atoms with Crippen molar-refractivity contribution in [1.82, 2.24) is 4.90 Å². The first-order chi connectivity index (χ1) is 13.4. The van der Waals surface area contributed by atoms with Crippen LogP contribution in [0.2, 0.25) is 0 Å². The van der Waals surface area contributed by atoms with Gasteiger partial charge < -0.3 is 9.64 Å². The molecule has 1 amide bonds. The quantitative estimate of drug-likeness (QED) is 0.622. The van der Waals surface area contributed by atoms with Gasteiger partial charge in [0.15, 0.2) is 9.84 Å². The van der Waals surface area contributed by atoms with Crippen molar-refractivity contribution in [2.45, 2.75) is 36.6 Å². The number of carbonyl (C=O) groups is 1. The lowest BCUT2D eigenvalue weighted by atomic mass is 10.1. The third-order valence-corrected chi connectivity index (χ3v) is 7.37. The van der Waals surface area contributed by atoms with Gasteiger partial charge in [0.1, 0.15) is 5.75 Å². The maximum absolute atomic E-state index is 12.8. The van der Waals surface area contributed by atoms with Crippen LogP contribution < -0.4 is 4.74 Å². The van der Waals surface area contributed by atoms with Crippen molar-refractivity contribution in [1.29, 1.82) is 0 Å². The lowest BCUT2D eigenvalue weighted by molar-refractivity contribution is -0.131. The molecule has 28 heavy (non-hydrogen) atoms. The van der Waals surface area contributed by atoms with Crippen molar-refractivity contribution in [2.75, 3.05) is 19.4 Å². The molecule has 0 saturated carbocycles. The molecule has 0 aliphatic carbocycles. The Bertz CT molecular complexity index is 931. The van der Waals surface area contributed by atoms with E-state index >= 15 is 0 Å². The topological polar surface area (TPSA) is 63.7 Å². The Balaban J connectivity index is 1.66. The van der Waals surface area contributed by atoms with E-state index in [0.29, 0.717) is 24.3 Å². The molecule has 2 aromatic rings. The number of likely N-dealkylation sites (tertiary alicyclic amines) is 1. The van der Waals surface area contributed by atoms with Crippen LogP contribution in [0.3, 0.4) is 0 Å². The number of nitrogens with zero attached hydrogens (tertiary/aromatic N) is 1. The zero-order valence-corrected chi connectivity index (χ0v) is 18.2. The Morgan fingerprint density at radius 3 is 2.68 bits per heavy atom.